The molecular formula is C20H22N2O7S. The van der Waals surface area contributed by atoms with Crippen molar-refractivity contribution in [3.05, 3.63) is 48.0 Å². The van der Waals surface area contributed by atoms with E-state index >= 15 is 0 Å². The van der Waals surface area contributed by atoms with Gasteiger partial charge in [-0.1, -0.05) is 6.07 Å². The molecule has 0 spiro atoms. The minimum atomic E-state index is -3.80. The molecule has 0 radical (unpaired) electrons. The molecule has 1 N–H and O–H groups in total. The lowest BCUT2D eigenvalue weighted by Gasteiger charge is -2.29. The Kier molecular flexibility index (Phi) is 6.16. The maximum absolute atomic E-state index is 12.8. The highest BCUT2D eigenvalue weighted by Gasteiger charge is 2.30. The highest BCUT2D eigenvalue weighted by molar-refractivity contribution is 7.92. The average Bonchev–Trinajstić information content (AvgIpc) is 2.72. The first kappa shape index (κ1) is 21.4. The minimum absolute atomic E-state index is 0.259. The van der Waals surface area contributed by atoms with Crippen molar-refractivity contribution in [1.29, 1.82) is 0 Å². The van der Waals surface area contributed by atoms with Crippen molar-refractivity contribution < 1.29 is 32.2 Å². The van der Waals surface area contributed by atoms with Crippen molar-refractivity contribution in [2.75, 3.05) is 36.2 Å². The van der Waals surface area contributed by atoms with Gasteiger partial charge in [-0.25, -0.2) is 13.2 Å². The van der Waals surface area contributed by atoms with E-state index in [1.54, 1.807) is 30.3 Å². The van der Waals surface area contributed by atoms with E-state index in [1.807, 2.05) is 0 Å². The average molecular weight is 434 g/mol. The number of benzene rings is 2. The molecule has 9 nitrogen and oxygen atoms in total. The van der Waals surface area contributed by atoms with Gasteiger partial charge in [0, 0.05) is 11.8 Å². The van der Waals surface area contributed by atoms with E-state index in [2.05, 4.69) is 10.1 Å². The fourth-order valence-corrected chi connectivity index (χ4v) is 4.23. The zero-order valence-corrected chi connectivity index (χ0v) is 17.6. The molecule has 160 valence electrons. The number of amides is 1. The fraction of sp³-hybridized carbons (Fsp3) is 0.300. The Bertz CT molecular complexity index is 1070. The number of rotatable bonds is 6. The van der Waals surface area contributed by atoms with Gasteiger partial charge >= 0.3 is 5.97 Å². The summed E-state index contributed by atoms with van der Waals surface area (Å²) in [6, 6.07) is 9.77. The van der Waals surface area contributed by atoms with Gasteiger partial charge in [0.15, 0.2) is 11.5 Å². The Morgan fingerprint density at radius 3 is 2.47 bits per heavy atom. The molecule has 2 aromatic carbocycles. The summed E-state index contributed by atoms with van der Waals surface area (Å²) in [6.45, 7) is 2.23. The SMILES string of the molecule is COC(=O)c1cccc(NC(=O)[C@H](C)N(c2ccc3c(c2)OCCO3)S(C)(=O)=O)c1. The topological polar surface area (TPSA) is 111 Å². The van der Waals surface area contributed by atoms with Gasteiger partial charge in [-0.3, -0.25) is 9.10 Å². The second kappa shape index (κ2) is 8.62. The minimum Gasteiger partial charge on any atom is -0.486 e. The van der Waals surface area contributed by atoms with Crippen LogP contribution < -0.4 is 19.1 Å². The molecule has 10 heteroatoms. The van der Waals surface area contributed by atoms with Crippen molar-refractivity contribution in [1.82, 2.24) is 0 Å². The quantitative estimate of drug-likeness (QED) is 0.693. The Hall–Kier alpha value is -3.27. The first-order valence-corrected chi connectivity index (χ1v) is 10.9. The van der Waals surface area contributed by atoms with Gasteiger partial charge in [0.2, 0.25) is 15.9 Å². The number of hydrogen-bond acceptors (Lipinski definition) is 7. The molecule has 0 bridgehead atoms. The molecule has 0 fully saturated rings. The molecule has 1 atom stereocenters. The second-order valence-electron chi connectivity index (χ2n) is 6.62. The van der Waals surface area contributed by atoms with Gasteiger partial charge in [-0.2, -0.15) is 0 Å². The molecule has 1 amide bonds. The van der Waals surface area contributed by atoms with Crippen molar-refractivity contribution in [3.8, 4) is 11.5 Å². The van der Waals surface area contributed by atoms with Gasteiger partial charge in [-0.15, -0.1) is 0 Å². The summed E-state index contributed by atoms with van der Waals surface area (Å²) in [6.07, 6.45) is 1.02. The number of anilines is 2. The Morgan fingerprint density at radius 2 is 1.80 bits per heavy atom. The smallest absolute Gasteiger partial charge is 0.337 e. The number of methoxy groups -OCH3 is 1. The van der Waals surface area contributed by atoms with Crippen LogP contribution in [0.2, 0.25) is 0 Å². The zero-order chi connectivity index (χ0) is 21.9. The van der Waals surface area contributed by atoms with Crippen LogP contribution in [0.25, 0.3) is 0 Å². The summed E-state index contributed by atoms with van der Waals surface area (Å²) in [5.41, 5.74) is 0.868. The van der Waals surface area contributed by atoms with Crippen LogP contribution in [0.1, 0.15) is 17.3 Å². The van der Waals surface area contributed by atoms with E-state index in [0.29, 0.717) is 30.4 Å². The molecule has 0 unspecified atom stereocenters. The number of sulfonamides is 1. The van der Waals surface area contributed by atoms with Crippen molar-refractivity contribution in [2.24, 2.45) is 0 Å². The molecular weight excluding hydrogens is 412 g/mol. The van der Waals surface area contributed by atoms with Crippen LogP contribution in [0.3, 0.4) is 0 Å². The first-order chi connectivity index (χ1) is 14.2. The van der Waals surface area contributed by atoms with Crippen LogP contribution in [0.5, 0.6) is 11.5 Å². The van der Waals surface area contributed by atoms with Crippen LogP contribution in [0, 0.1) is 0 Å². The van der Waals surface area contributed by atoms with Crippen molar-refractivity contribution in [3.63, 3.8) is 0 Å². The molecule has 0 aromatic heterocycles. The molecule has 1 heterocycles. The van der Waals surface area contributed by atoms with Gasteiger partial charge in [0.05, 0.1) is 24.6 Å². The Labute approximate surface area is 174 Å². The van der Waals surface area contributed by atoms with Crippen molar-refractivity contribution in [2.45, 2.75) is 13.0 Å². The first-order valence-electron chi connectivity index (χ1n) is 9.09. The molecule has 2 aromatic rings. The third kappa shape index (κ3) is 4.65. The lowest BCUT2D eigenvalue weighted by Crippen LogP contribution is -2.45. The summed E-state index contributed by atoms with van der Waals surface area (Å²) in [7, 11) is -2.55. The van der Waals surface area contributed by atoms with Gasteiger partial charge in [-0.05, 0) is 37.3 Å². The molecule has 30 heavy (non-hydrogen) atoms. The zero-order valence-electron chi connectivity index (χ0n) is 16.7. The Morgan fingerprint density at radius 1 is 1.10 bits per heavy atom. The van der Waals surface area contributed by atoms with E-state index in [9.17, 15) is 18.0 Å². The van der Waals surface area contributed by atoms with Crippen molar-refractivity contribution >= 4 is 33.3 Å². The highest BCUT2D eigenvalue weighted by atomic mass is 32.2. The summed E-state index contributed by atoms with van der Waals surface area (Å²) in [5, 5.41) is 2.64. The standard InChI is InChI=1S/C20H22N2O7S/c1-13(19(23)21-15-6-4-5-14(11-15)20(24)27-2)22(30(3,25)26)16-7-8-17-18(12-16)29-10-9-28-17/h4-8,11-13H,9-10H2,1-3H3,(H,21,23)/t13-/m0/s1. The van der Waals surface area contributed by atoms with Crippen LogP contribution in [0.4, 0.5) is 11.4 Å². The van der Waals surface area contributed by atoms with E-state index in [4.69, 9.17) is 9.47 Å². The maximum atomic E-state index is 12.8. The van der Waals surface area contributed by atoms with E-state index < -0.39 is 27.9 Å². The van der Waals surface area contributed by atoms with Crippen LogP contribution in [0.15, 0.2) is 42.5 Å². The van der Waals surface area contributed by atoms with E-state index in [-0.39, 0.29) is 11.3 Å². The predicted molar refractivity (Wildman–Crippen MR) is 111 cm³/mol. The van der Waals surface area contributed by atoms with Gasteiger partial charge in [0.25, 0.3) is 0 Å². The van der Waals surface area contributed by atoms with Gasteiger partial charge < -0.3 is 19.5 Å². The number of ether oxygens (including phenoxy) is 3. The predicted octanol–water partition coefficient (Wildman–Crippen LogP) is 2.04. The number of fused-ring (bicyclic) bond motifs is 1. The molecule has 0 aliphatic carbocycles. The molecule has 1 aliphatic rings. The summed E-state index contributed by atoms with van der Waals surface area (Å²) in [4.78, 5) is 24.5. The monoisotopic (exact) mass is 434 g/mol. The Balaban J connectivity index is 1.87. The lowest BCUT2D eigenvalue weighted by atomic mass is 10.2. The van der Waals surface area contributed by atoms with Crippen LogP contribution >= 0.6 is 0 Å². The number of hydrogen-bond donors (Lipinski definition) is 1. The molecule has 1 aliphatic heterocycles. The third-order valence-electron chi connectivity index (χ3n) is 4.42. The van der Waals surface area contributed by atoms with Crippen LogP contribution in [-0.4, -0.2) is 52.9 Å². The summed E-state index contributed by atoms with van der Waals surface area (Å²) >= 11 is 0. The normalized spacial score (nSPS) is 13.8. The molecule has 0 saturated carbocycles. The number of esters is 1. The maximum Gasteiger partial charge on any atom is 0.337 e. The summed E-state index contributed by atoms with van der Waals surface area (Å²) in [5.74, 6) is -0.202. The lowest BCUT2D eigenvalue weighted by molar-refractivity contribution is -0.116. The fourth-order valence-electron chi connectivity index (χ4n) is 3.07. The van der Waals surface area contributed by atoms with Crippen LogP contribution in [-0.2, 0) is 19.6 Å². The molecule has 3 rings (SSSR count). The van der Waals surface area contributed by atoms with Gasteiger partial charge in [0.1, 0.15) is 19.3 Å². The largest absolute Gasteiger partial charge is 0.486 e. The number of nitrogens with zero attached hydrogens (tertiary/aromatic N) is 1. The number of carbonyl (C=O) groups is 2. The summed E-state index contributed by atoms with van der Waals surface area (Å²) < 4.78 is 41.6. The number of carbonyl (C=O) groups excluding carboxylic acids is 2. The van der Waals surface area contributed by atoms with E-state index in [1.165, 1.54) is 26.2 Å². The second-order valence-corrected chi connectivity index (χ2v) is 8.48. The van der Waals surface area contributed by atoms with E-state index in [0.717, 1.165) is 10.6 Å². The third-order valence-corrected chi connectivity index (χ3v) is 5.66. The number of nitrogens with one attached hydrogen (secondary N) is 1. The molecule has 0 saturated heterocycles. The highest BCUT2D eigenvalue weighted by Crippen LogP contribution is 2.35.